The molecule has 0 aromatic heterocycles. The highest BCUT2D eigenvalue weighted by atomic mass is 127. The Kier molecular flexibility index (Phi) is 8.00. The van der Waals surface area contributed by atoms with Crippen LogP contribution in [0.1, 0.15) is 56.2 Å². The quantitative estimate of drug-likeness (QED) is 0.358. The number of aryl methyl sites for hydroxylation is 1. The number of hydrogen-bond acceptors (Lipinski definition) is 3. The van der Waals surface area contributed by atoms with E-state index in [1.54, 1.807) is 0 Å². The Labute approximate surface area is 186 Å². The normalized spacial score (nSPS) is 28.2. The van der Waals surface area contributed by atoms with Gasteiger partial charge in [0.1, 0.15) is 0 Å². The number of fused-ring (bicyclic) bond motifs is 2. The summed E-state index contributed by atoms with van der Waals surface area (Å²) in [4.78, 5) is 7.60. The maximum absolute atomic E-state index is 6.00. The average Bonchev–Trinajstić information content (AvgIpc) is 3.42. The summed E-state index contributed by atoms with van der Waals surface area (Å²) in [7, 11) is 0. The summed E-state index contributed by atoms with van der Waals surface area (Å²) >= 11 is 0. The van der Waals surface area contributed by atoms with Crippen molar-refractivity contribution in [2.45, 2.75) is 70.2 Å². The Morgan fingerprint density at radius 2 is 1.96 bits per heavy atom. The van der Waals surface area contributed by atoms with Crippen molar-refractivity contribution in [1.29, 1.82) is 0 Å². The van der Waals surface area contributed by atoms with Crippen molar-refractivity contribution in [3.8, 4) is 0 Å². The molecule has 6 heteroatoms. The minimum absolute atomic E-state index is 0. The lowest BCUT2D eigenvalue weighted by molar-refractivity contribution is 0.0992. The van der Waals surface area contributed by atoms with Crippen molar-refractivity contribution in [2.24, 2.45) is 4.99 Å². The molecule has 4 rings (SSSR count). The maximum Gasteiger partial charge on any atom is 0.191 e. The number of halogens is 1. The van der Waals surface area contributed by atoms with E-state index in [1.807, 2.05) is 0 Å². The van der Waals surface area contributed by atoms with Crippen LogP contribution in [0.25, 0.3) is 0 Å². The van der Waals surface area contributed by atoms with E-state index in [2.05, 4.69) is 53.6 Å². The molecule has 2 bridgehead atoms. The maximum atomic E-state index is 6.00. The third-order valence-corrected chi connectivity index (χ3v) is 6.24. The number of rotatable bonds is 6. The molecule has 3 heterocycles. The summed E-state index contributed by atoms with van der Waals surface area (Å²) in [5, 5.41) is 7.09. The molecule has 1 aromatic carbocycles. The van der Waals surface area contributed by atoms with E-state index in [0.29, 0.717) is 24.3 Å². The molecule has 3 aliphatic rings. The first-order chi connectivity index (χ1) is 13.2. The fourth-order valence-electron chi connectivity index (χ4n) is 4.74. The van der Waals surface area contributed by atoms with E-state index < -0.39 is 0 Å². The van der Waals surface area contributed by atoms with Crippen LogP contribution in [0.2, 0.25) is 0 Å². The highest BCUT2D eigenvalue weighted by Crippen LogP contribution is 2.34. The van der Waals surface area contributed by atoms with Gasteiger partial charge in [0, 0.05) is 6.54 Å². The number of guanidine groups is 1. The van der Waals surface area contributed by atoms with Crippen LogP contribution in [0.15, 0.2) is 29.3 Å². The molecule has 4 unspecified atom stereocenters. The SMILES string of the molecule is CCNC(=NCC(c1ccc(C)cc1)N1CCCC1)NC1CC2CCC1O2.I. The molecule has 3 saturated heterocycles. The number of likely N-dealkylation sites (tertiary alicyclic amines) is 1. The molecule has 1 aromatic rings. The van der Waals surface area contributed by atoms with Crippen LogP contribution in [0.5, 0.6) is 0 Å². The minimum atomic E-state index is 0. The Morgan fingerprint density at radius 1 is 1.21 bits per heavy atom. The second kappa shape index (κ2) is 10.3. The van der Waals surface area contributed by atoms with E-state index in [-0.39, 0.29) is 24.0 Å². The molecular formula is C22H35IN4O. The molecule has 0 radical (unpaired) electrons. The Bertz CT molecular complexity index is 644. The van der Waals surface area contributed by atoms with Crippen LogP contribution in [0.4, 0.5) is 0 Å². The standard InChI is InChI=1S/C22H34N4O.HI/c1-3-23-22(25-19-14-18-10-11-21(19)27-18)24-15-20(26-12-4-5-13-26)17-8-6-16(2)7-9-17;/h6-9,18-21H,3-5,10-15H2,1-2H3,(H2,23,24,25);1H. The van der Waals surface area contributed by atoms with Crippen LogP contribution in [0.3, 0.4) is 0 Å². The lowest BCUT2D eigenvalue weighted by atomic mass is 9.96. The molecule has 5 nitrogen and oxygen atoms in total. The second-order valence-corrected chi connectivity index (χ2v) is 8.25. The van der Waals surface area contributed by atoms with E-state index >= 15 is 0 Å². The van der Waals surface area contributed by atoms with Gasteiger partial charge in [-0.05, 0) is 64.6 Å². The van der Waals surface area contributed by atoms with Gasteiger partial charge in [0.25, 0.3) is 0 Å². The van der Waals surface area contributed by atoms with Crippen molar-refractivity contribution < 1.29 is 4.74 Å². The highest BCUT2D eigenvalue weighted by molar-refractivity contribution is 14.0. The van der Waals surface area contributed by atoms with Gasteiger partial charge in [-0.15, -0.1) is 24.0 Å². The molecule has 0 amide bonds. The Hall–Kier alpha value is -0.860. The molecule has 3 aliphatic heterocycles. The molecule has 4 atom stereocenters. The van der Waals surface area contributed by atoms with E-state index in [4.69, 9.17) is 9.73 Å². The van der Waals surface area contributed by atoms with Gasteiger partial charge in [0.05, 0.1) is 30.8 Å². The molecular weight excluding hydrogens is 463 g/mol. The van der Waals surface area contributed by atoms with Crippen LogP contribution in [0, 0.1) is 6.92 Å². The summed E-state index contributed by atoms with van der Waals surface area (Å²) in [6, 6.07) is 9.76. The monoisotopic (exact) mass is 498 g/mol. The van der Waals surface area contributed by atoms with Crippen molar-refractivity contribution in [2.75, 3.05) is 26.2 Å². The predicted molar refractivity (Wildman–Crippen MR) is 126 cm³/mol. The van der Waals surface area contributed by atoms with Crippen molar-refractivity contribution in [1.82, 2.24) is 15.5 Å². The Morgan fingerprint density at radius 3 is 2.57 bits per heavy atom. The van der Waals surface area contributed by atoms with Crippen LogP contribution in [-0.2, 0) is 4.74 Å². The summed E-state index contributed by atoms with van der Waals surface area (Å²) < 4.78 is 6.00. The van der Waals surface area contributed by atoms with Gasteiger partial charge in [-0.25, -0.2) is 0 Å². The van der Waals surface area contributed by atoms with Crippen LogP contribution < -0.4 is 10.6 Å². The number of ether oxygens (including phenoxy) is 1. The zero-order chi connectivity index (χ0) is 18.6. The zero-order valence-electron chi connectivity index (χ0n) is 17.2. The summed E-state index contributed by atoms with van der Waals surface area (Å²) in [5.74, 6) is 0.940. The molecule has 2 N–H and O–H groups in total. The second-order valence-electron chi connectivity index (χ2n) is 8.25. The highest BCUT2D eigenvalue weighted by Gasteiger charge is 2.41. The van der Waals surface area contributed by atoms with Crippen molar-refractivity contribution in [3.05, 3.63) is 35.4 Å². The Balaban J connectivity index is 0.00000225. The smallest absolute Gasteiger partial charge is 0.191 e. The van der Waals surface area contributed by atoms with Gasteiger partial charge in [0.2, 0.25) is 0 Å². The number of nitrogens with zero attached hydrogens (tertiary/aromatic N) is 2. The fourth-order valence-corrected chi connectivity index (χ4v) is 4.74. The first kappa shape index (κ1) is 21.8. The van der Waals surface area contributed by atoms with Gasteiger partial charge in [-0.3, -0.25) is 9.89 Å². The molecule has 0 aliphatic carbocycles. The van der Waals surface area contributed by atoms with Gasteiger partial charge >= 0.3 is 0 Å². The number of aliphatic imine (C=N–C) groups is 1. The summed E-state index contributed by atoms with van der Waals surface area (Å²) in [6.07, 6.45) is 6.94. The largest absolute Gasteiger partial charge is 0.373 e. The average molecular weight is 498 g/mol. The third-order valence-electron chi connectivity index (χ3n) is 6.24. The lowest BCUT2D eigenvalue weighted by Crippen LogP contribution is -2.47. The third kappa shape index (κ3) is 5.19. The topological polar surface area (TPSA) is 48.9 Å². The lowest BCUT2D eigenvalue weighted by Gasteiger charge is -2.28. The van der Waals surface area contributed by atoms with Crippen LogP contribution >= 0.6 is 24.0 Å². The fraction of sp³-hybridized carbons (Fsp3) is 0.682. The first-order valence-corrected chi connectivity index (χ1v) is 10.7. The van der Waals surface area contributed by atoms with Gasteiger partial charge in [-0.2, -0.15) is 0 Å². The van der Waals surface area contributed by atoms with Gasteiger partial charge in [-0.1, -0.05) is 29.8 Å². The summed E-state index contributed by atoms with van der Waals surface area (Å²) in [5.41, 5.74) is 2.69. The van der Waals surface area contributed by atoms with Gasteiger partial charge in [0.15, 0.2) is 5.96 Å². The molecule has 0 spiro atoms. The predicted octanol–water partition coefficient (Wildman–Crippen LogP) is 3.62. The molecule has 0 saturated carbocycles. The summed E-state index contributed by atoms with van der Waals surface area (Å²) in [6.45, 7) is 8.31. The van der Waals surface area contributed by atoms with Crippen LogP contribution in [-0.4, -0.2) is 55.3 Å². The molecule has 3 fully saturated rings. The minimum Gasteiger partial charge on any atom is -0.373 e. The molecule has 28 heavy (non-hydrogen) atoms. The number of benzene rings is 1. The number of nitrogens with one attached hydrogen (secondary N) is 2. The molecule has 156 valence electrons. The first-order valence-electron chi connectivity index (χ1n) is 10.7. The van der Waals surface area contributed by atoms with Crippen molar-refractivity contribution >= 4 is 29.9 Å². The van der Waals surface area contributed by atoms with E-state index in [9.17, 15) is 0 Å². The number of hydrogen-bond donors (Lipinski definition) is 2. The van der Waals surface area contributed by atoms with Crippen molar-refractivity contribution in [3.63, 3.8) is 0 Å². The van der Waals surface area contributed by atoms with E-state index in [1.165, 1.54) is 49.9 Å². The zero-order valence-corrected chi connectivity index (χ0v) is 19.5. The van der Waals surface area contributed by atoms with Gasteiger partial charge < -0.3 is 15.4 Å². The van der Waals surface area contributed by atoms with E-state index in [0.717, 1.165) is 25.5 Å².